The van der Waals surface area contributed by atoms with Crippen LogP contribution in [0.15, 0.2) is 41.1 Å². The molecule has 0 radical (unpaired) electrons. The van der Waals surface area contributed by atoms with Crippen LogP contribution < -0.4 is 14.8 Å². The summed E-state index contributed by atoms with van der Waals surface area (Å²) in [6.45, 7) is 0. The number of amides is 1. The largest absolute Gasteiger partial charge is 0.493 e. The van der Waals surface area contributed by atoms with Crippen molar-refractivity contribution in [2.75, 3.05) is 19.5 Å². The van der Waals surface area contributed by atoms with Crippen molar-refractivity contribution < 1.29 is 14.3 Å². The molecule has 1 N–H and O–H groups in total. The molecule has 0 saturated heterocycles. The van der Waals surface area contributed by atoms with Crippen molar-refractivity contribution in [2.45, 2.75) is 6.42 Å². The number of halogens is 1. The monoisotopic (exact) mass is 350 g/mol. The van der Waals surface area contributed by atoms with Gasteiger partial charge < -0.3 is 14.8 Å². The van der Waals surface area contributed by atoms with Crippen LogP contribution in [0, 0.1) is 0 Å². The van der Waals surface area contributed by atoms with E-state index < -0.39 is 0 Å². The first-order chi connectivity index (χ1) is 10.1. The van der Waals surface area contributed by atoms with Gasteiger partial charge in [0.1, 0.15) is 0 Å². The average molecular weight is 351 g/mol. The lowest BCUT2D eigenvalue weighted by Gasteiger charge is -2.10. The highest BCUT2D eigenvalue weighted by Crippen LogP contribution is 2.28. The van der Waals surface area contributed by atoms with Gasteiger partial charge in [0.25, 0.3) is 0 Å². The minimum absolute atomic E-state index is 0.117. The summed E-state index contributed by atoms with van der Waals surface area (Å²) in [6, 6.07) is 7.14. The summed E-state index contributed by atoms with van der Waals surface area (Å²) in [5, 5.41) is 2.83. The Morgan fingerprint density at radius 1 is 1.24 bits per heavy atom. The third-order valence-electron chi connectivity index (χ3n) is 2.86. The van der Waals surface area contributed by atoms with Gasteiger partial charge in [-0.2, -0.15) is 0 Å². The number of carbonyl (C=O) groups excluding carboxylic acids is 1. The fourth-order valence-corrected chi connectivity index (χ4v) is 2.20. The van der Waals surface area contributed by atoms with E-state index in [0.717, 1.165) is 10.0 Å². The maximum Gasteiger partial charge on any atom is 0.228 e. The number of hydrogen-bond acceptors (Lipinski definition) is 4. The van der Waals surface area contributed by atoms with E-state index in [4.69, 9.17) is 9.47 Å². The van der Waals surface area contributed by atoms with Gasteiger partial charge in [0.15, 0.2) is 11.5 Å². The number of aromatic nitrogens is 1. The zero-order valence-electron chi connectivity index (χ0n) is 11.7. The molecule has 2 rings (SSSR count). The lowest BCUT2D eigenvalue weighted by atomic mass is 10.1. The summed E-state index contributed by atoms with van der Waals surface area (Å²) in [5.41, 5.74) is 1.53. The first kappa shape index (κ1) is 15.3. The molecular formula is C15H15BrN2O3. The first-order valence-electron chi connectivity index (χ1n) is 6.24. The second-order valence-corrected chi connectivity index (χ2v) is 5.12. The van der Waals surface area contributed by atoms with Crippen LogP contribution in [-0.4, -0.2) is 25.1 Å². The number of nitrogens with zero attached hydrogens (tertiary/aromatic N) is 1. The highest BCUT2D eigenvalue weighted by Gasteiger charge is 2.09. The molecule has 0 aliphatic carbocycles. The molecule has 1 aromatic heterocycles. The molecule has 1 aromatic carbocycles. The van der Waals surface area contributed by atoms with Crippen LogP contribution in [0.3, 0.4) is 0 Å². The molecule has 1 amide bonds. The molecule has 110 valence electrons. The summed E-state index contributed by atoms with van der Waals surface area (Å²) < 4.78 is 11.1. The molecule has 1 heterocycles. The SMILES string of the molecule is COc1ccc(CC(=O)Nc2ccncc2Br)cc1OC. The van der Waals surface area contributed by atoms with E-state index in [-0.39, 0.29) is 12.3 Å². The summed E-state index contributed by atoms with van der Waals surface area (Å²) >= 11 is 3.34. The number of benzene rings is 1. The quantitative estimate of drug-likeness (QED) is 0.900. The van der Waals surface area contributed by atoms with Gasteiger partial charge in [-0.05, 0) is 39.7 Å². The molecule has 0 saturated carbocycles. The van der Waals surface area contributed by atoms with Crippen molar-refractivity contribution >= 4 is 27.5 Å². The summed E-state index contributed by atoms with van der Waals surface area (Å²) in [6.07, 6.45) is 3.50. The van der Waals surface area contributed by atoms with Crippen LogP contribution in [0.1, 0.15) is 5.56 Å². The Hall–Kier alpha value is -2.08. The minimum Gasteiger partial charge on any atom is -0.493 e. The average Bonchev–Trinajstić information content (AvgIpc) is 2.49. The smallest absolute Gasteiger partial charge is 0.228 e. The van der Waals surface area contributed by atoms with E-state index in [0.29, 0.717) is 17.2 Å². The fraction of sp³-hybridized carbons (Fsp3) is 0.200. The van der Waals surface area contributed by atoms with Crippen molar-refractivity contribution in [1.82, 2.24) is 4.98 Å². The fourth-order valence-electron chi connectivity index (χ4n) is 1.85. The zero-order valence-corrected chi connectivity index (χ0v) is 13.3. The lowest BCUT2D eigenvalue weighted by Crippen LogP contribution is -2.14. The summed E-state index contributed by atoms with van der Waals surface area (Å²) in [7, 11) is 3.14. The summed E-state index contributed by atoms with van der Waals surface area (Å²) in [4.78, 5) is 16.0. The third kappa shape index (κ3) is 3.95. The molecule has 0 atom stereocenters. The second kappa shape index (κ2) is 7.08. The summed E-state index contributed by atoms with van der Waals surface area (Å²) in [5.74, 6) is 1.13. The van der Waals surface area contributed by atoms with Crippen molar-refractivity contribution in [2.24, 2.45) is 0 Å². The molecular weight excluding hydrogens is 336 g/mol. The number of rotatable bonds is 5. The Balaban J connectivity index is 2.08. The number of pyridine rings is 1. The van der Waals surface area contributed by atoms with E-state index in [9.17, 15) is 4.79 Å². The number of hydrogen-bond donors (Lipinski definition) is 1. The lowest BCUT2D eigenvalue weighted by molar-refractivity contribution is -0.115. The van der Waals surface area contributed by atoms with Gasteiger partial charge in [-0.15, -0.1) is 0 Å². The van der Waals surface area contributed by atoms with Gasteiger partial charge in [0.05, 0.1) is 30.8 Å². The zero-order chi connectivity index (χ0) is 15.2. The van der Waals surface area contributed by atoms with Gasteiger partial charge in [-0.1, -0.05) is 6.07 Å². The van der Waals surface area contributed by atoms with Crippen LogP contribution in [0.2, 0.25) is 0 Å². The number of anilines is 1. The van der Waals surface area contributed by atoms with Crippen LogP contribution in [-0.2, 0) is 11.2 Å². The maximum atomic E-state index is 12.1. The molecule has 2 aromatic rings. The van der Waals surface area contributed by atoms with Crippen LogP contribution >= 0.6 is 15.9 Å². The molecule has 0 aliphatic heterocycles. The van der Waals surface area contributed by atoms with E-state index in [2.05, 4.69) is 26.2 Å². The van der Waals surface area contributed by atoms with E-state index in [1.54, 1.807) is 44.8 Å². The number of nitrogens with one attached hydrogen (secondary N) is 1. The molecule has 21 heavy (non-hydrogen) atoms. The number of methoxy groups -OCH3 is 2. The molecule has 0 bridgehead atoms. The third-order valence-corrected chi connectivity index (χ3v) is 3.49. The molecule has 0 spiro atoms. The van der Waals surface area contributed by atoms with Crippen LogP contribution in [0.25, 0.3) is 0 Å². The first-order valence-corrected chi connectivity index (χ1v) is 7.03. The highest BCUT2D eigenvalue weighted by molar-refractivity contribution is 9.10. The van der Waals surface area contributed by atoms with Crippen LogP contribution in [0.4, 0.5) is 5.69 Å². The van der Waals surface area contributed by atoms with E-state index in [1.165, 1.54) is 0 Å². The van der Waals surface area contributed by atoms with Gasteiger partial charge in [0.2, 0.25) is 5.91 Å². The molecule has 0 fully saturated rings. The number of ether oxygens (including phenoxy) is 2. The van der Waals surface area contributed by atoms with Gasteiger partial charge in [-0.3, -0.25) is 9.78 Å². The van der Waals surface area contributed by atoms with Gasteiger partial charge in [-0.25, -0.2) is 0 Å². The molecule has 0 aliphatic rings. The normalized spacial score (nSPS) is 10.0. The standard InChI is InChI=1S/C15H15BrN2O3/c1-20-13-4-3-10(7-14(13)21-2)8-15(19)18-12-5-6-17-9-11(12)16/h3-7,9H,8H2,1-2H3,(H,17,18,19). The molecule has 6 heteroatoms. The Bertz CT molecular complexity index is 647. The highest BCUT2D eigenvalue weighted by atomic mass is 79.9. The Kier molecular flexibility index (Phi) is 5.16. The van der Waals surface area contributed by atoms with Gasteiger partial charge in [0, 0.05) is 12.4 Å². The topological polar surface area (TPSA) is 60.5 Å². The van der Waals surface area contributed by atoms with E-state index in [1.807, 2.05) is 6.07 Å². The van der Waals surface area contributed by atoms with Crippen molar-refractivity contribution in [3.63, 3.8) is 0 Å². The molecule has 5 nitrogen and oxygen atoms in total. The number of carbonyl (C=O) groups is 1. The maximum absolute atomic E-state index is 12.1. The van der Waals surface area contributed by atoms with Crippen molar-refractivity contribution in [1.29, 1.82) is 0 Å². The predicted octanol–water partition coefficient (Wildman–Crippen LogP) is 3.04. The van der Waals surface area contributed by atoms with E-state index >= 15 is 0 Å². The minimum atomic E-state index is -0.117. The Morgan fingerprint density at radius 3 is 2.67 bits per heavy atom. The molecule has 0 unspecified atom stereocenters. The van der Waals surface area contributed by atoms with Crippen LogP contribution in [0.5, 0.6) is 11.5 Å². The Morgan fingerprint density at radius 2 is 2.00 bits per heavy atom. The second-order valence-electron chi connectivity index (χ2n) is 4.27. The van der Waals surface area contributed by atoms with Crippen molar-refractivity contribution in [3.05, 3.63) is 46.7 Å². The Labute approximate surface area is 131 Å². The predicted molar refractivity (Wildman–Crippen MR) is 83.8 cm³/mol. The van der Waals surface area contributed by atoms with Gasteiger partial charge >= 0.3 is 0 Å². The van der Waals surface area contributed by atoms with Crippen molar-refractivity contribution in [3.8, 4) is 11.5 Å².